The van der Waals surface area contributed by atoms with Crippen molar-refractivity contribution in [3.05, 3.63) is 53.5 Å². The third kappa shape index (κ3) is 1.79. The van der Waals surface area contributed by atoms with Crippen molar-refractivity contribution in [1.82, 2.24) is 9.78 Å². The molecule has 0 unspecified atom stereocenters. The molecule has 0 saturated carbocycles. The number of phenols is 1. The van der Waals surface area contributed by atoms with E-state index >= 15 is 0 Å². The number of rotatable bonds is 1. The zero-order valence-electron chi connectivity index (χ0n) is 10.6. The number of halogens is 1. The second-order valence-electron chi connectivity index (χ2n) is 4.53. The Kier molecular flexibility index (Phi) is 2.65. The topological polar surface area (TPSA) is 61.8 Å². The van der Waals surface area contributed by atoms with E-state index in [1.54, 1.807) is 29.1 Å². The molecule has 3 aromatic rings. The lowest BCUT2D eigenvalue weighted by Crippen LogP contribution is -1.97. The third-order valence-electron chi connectivity index (χ3n) is 3.20. The number of aromatic hydroxyl groups is 1. The van der Waals surface area contributed by atoms with Crippen LogP contribution in [0.3, 0.4) is 0 Å². The highest BCUT2D eigenvalue weighted by Gasteiger charge is 2.10. The molecule has 1 N–H and O–H groups in total. The molecule has 4 nitrogen and oxygen atoms in total. The fourth-order valence-corrected chi connectivity index (χ4v) is 2.20. The molecule has 0 radical (unpaired) electrons. The normalized spacial score (nSPS) is 10.7. The maximum absolute atomic E-state index is 13.5. The van der Waals surface area contributed by atoms with Crippen LogP contribution in [-0.2, 0) is 0 Å². The number of fused-ring (bicyclic) bond motifs is 1. The van der Waals surface area contributed by atoms with Crippen molar-refractivity contribution in [2.24, 2.45) is 0 Å². The Morgan fingerprint density at radius 3 is 2.80 bits per heavy atom. The summed E-state index contributed by atoms with van der Waals surface area (Å²) in [5, 5.41) is 23.4. The molecule has 1 heterocycles. The summed E-state index contributed by atoms with van der Waals surface area (Å²) in [6.45, 7) is 1.90. The first-order valence-electron chi connectivity index (χ1n) is 5.97. The number of phenolic OH excluding ortho intramolecular Hbond substituents is 1. The number of hydrogen-bond donors (Lipinski definition) is 1. The lowest BCUT2D eigenvalue weighted by Gasteiger charge is -2.05. The average molecular weight is 267 g/mol. The Labute approximate surface area is 114 Å². The van der Waals surface area contributed by atoms with E-state index in [1.807, 2.05) is 6.92 Å². The summed E-state index contributed by atoms with van der Waals surface area (Å²) in [4.78, 5) is 0. The summed E-state index contributed by atoms with van der Waals surface area (Å²) in [6.07, 6.45) is 1.68. The Bertz CT molecular complexity index is 861. The van der Waals surface area contributed by atoms with E-state index in [4.69, 9.17) is 5.26 Å². The largest absolute Gasteiger partial charge is 0.505 e. The summed E-state index contributed by atoms with van der Waals surface area (Å²) in [7, 11) is 0. The molecule has 0 spiro atoms. The van der Waals surface area contributed by atoms with E-state index in [2.05, 4.69) is 11.2 Å². The van der Waals surface area contributed by atoms with Crippen LogP contribution in [0.4, 0.5) is 4.39 Å². The summed E-state index contributed by atoms with van der Waals surface area (Å²) < 4.78 is 15.0. The van der Waals surface area contributed by atoms with E-state index < -0.39 is 11.6 Å². The van der Waals surface area contributed by atoms with E-state index in [0.717, 1.165) is 16.5 Å². The molecule has 5 heteroatoms. The van der Waals surface area contributed by atoms with Gasteiger partial charge in [-0.2, -0.15) is 10.4 Å². The lowest BCUT2D eigenvalue weighted by atomic mass is 10.1. The van der Waals surface area contributed by atoms with Crippen molar-refractivity contribution in [1.29, 1.82) is 5.26 Å². The monoisotopic (exact) mass is 267 g/mol. The first-order chi connectivity index (χ1) is 9.60. The molecule has 20 heavy (non-hydrogen) atoms. The van der Waals surface area contributed by atoms with Gasteiger partial charge >= 0.3 is 0 Å². The van der Waals surface area contributed by atoms with Gasteiger partial charge in [-0.25, -0.2) is 9.07 Å². The molecule has 0 bridgehead atoms. The van der Waals surface area contributed by atoms with Crippen LogP contribution in [0, 0.1) is 24.1 Å². The van der Waals surface area contributed by atoms with E-state index in [1.165, 1.54) is 12.1 Å². The van der Waals surface area contributed by atoms with Crippen LogP contribution < -0.4 is 0 Å². The zero-order chi connectivity index (χ0) is 14.3. The molecule has 98 valence electrons. The summed E-state index contributed by atoms with van der Waals surface area (Å²) in [5.74, 6) is -1.11. The summed E-state index contributed by atoms with van der Waals surface area (Å²) in [6, 6.07) is 9.64. The van der Waals surface area contributed by atoms with Crippen molar-refractivity contribution < 1.29 is 9.50 Å². The number of aryl methyl sites for hydroxylation is 1. The Hall–Kier alpha value is -2.87. The summed E-state index contributed by atoms with van der Waals surface area (Å²) >= 11 is 0. The minimum atomic E-state index is -0.709. The number of nitrogens with zero attached hydrogens (tertiary/aromatic N) is 3. The van der Waals surface area contributed by atoms with Crippen molar-refractivity contribution >= 4 is 10.9 Å². The molecular weight excluding hydrogens is 257 g/mol. The number of nitriles is 1. The van der Waals surface area contributed by atoms with Gasteiger partial charge < -0.3 is 5.11 Å². The van der Waals surface area contributed by atoms with Crippen molar-refractivity contribution in [2.75, 3.05) is 0 Å². The highest BCUT2D eigenvalue weighted by Crippen LogP contribution is 2.25. The fourth-order valence-electron chi connectivity index (χ4n) is 2.20. The van der Waals surface area contributed by atoms with Gasteiger partial charge in [0.05, 0.1) is 29.0 Å². The molecule has 0 saturated heterocycles. The van der Waals surface area contributed by atoms with E-state index in [9.17, 15) is 9.50 Å². The molecule has 0 atom stereocenters. The first kappa shape index (κ1) is 12.2. The van der Waals surface area contributed by atoms with Crippen molar-refractivity contribution in [3.8, 4) is 17.5 Å². The van der Waals surface area contributed by atoms with Gasteiger partial charge in [-0.15, -0.1) is 0 Å². The second kappa shape index (κ2) is 4.35. The van der Waals surface area contributed by atoms with Gasteiger partial charge in [0.1, 0.15) is 0 Å². The Balaban J connectivity index is 2.29. The smallest absolute Gasteiger partial charge is 0.166 e. The van der Waals surface area contributed by atoms with Crippen molar-refractivity contribution in [2.45, 2.75) is 6.92 Å². The highest BCUT2D eigenvalue weighted by molar-refractivity contribution is 5.85. The molecular formula is C15H10FN3O. The van der Waals surface area contributed by atoms with Crippen LogP contribution in [0.25, 0.3) is 16.6 Å². The SMILES string of the molecule is Cc1cc(C#N)cc2c1cnn2-c1ccc(O)c(F)c1. The van der Waals surface area contributed by atoms with Crippen LogP contribution in [0.5, 0.6) is 5.75 Å². The van der Waals surface area contributed by atoms with E-state index in [-0.39, 0.29) is 0 Å². The van der Waals surface area contributed by atoms with Gasteiger partial charge in [-0.3, -0.25) is 0 Å². The number of benzene rings is 2. The van der Waals surface area contributed by atoms with Gasteiger partial charge in [0.2, 0.25) is 0 Å². The van der Waals surface area contributed by atoms with Crippen molar-refractivity contribution in [3.63, 3.8) is 0 Å². The quantitative estimate of drug-likeness (QED) is 0.737. The maximum Gasteiger partial charge on any atom is 0.166 e. The minimum Gasteiger partial charge on any atom is -0.505 e. The molecule has 0 aliphatic rings. The molecule has 0 aliphatic carbocycles. The second-order valence-corrected chi connectivity index (χ2v) is 4.53. The minimum absolute atomic E-state index is 0.404. The lowest BCUT2D eigenvalue weighted by molar-refractivity contribution is 0.432. The zero-order valence-corrected chi connectivity index (χ0v) is 10.6. The van der Waals surface area contributed by atoms with Crippen LogP contribution in [-0.4, -0.2) is 14.9 Å². The predicted octanol–water partition coefficient (Wildman–Crippen LogP) is 3.05. The standard InChI is InChI=1S/C15H10FN3O/c1-9-4-10(7-17)5-14-12(9)8-18-19(14)11-2-3-15(20)13(16)6-11/h2-6,8,20H,1H3. The highest BCUT2D eigenvalue weighted by atomic mass is 19.1. The first-order valence-corrected chi connectivity index (χ1v) is 5.97. The van der Waals surface area contributed by atoms with Gasteiger partial charge in [-0.05, 0) is 36.8 Å². The van der Waals surface area contributed by atoms with Crippen LogP contribution in [0.1, 0.15) is 11.1 Å². The Morgan fingerprint density at radius 2 is 2.10 bits per heavy atom. The van der Waals surface area contributed by atoms with E-state index in [0.29, 0.717) is 11.3 Å². The number of aromatic nitrogens is 2. The molecule has 2 aromatic carbocycles. The molecule has 0 amide bonds. The van der Waals surface area contributed by atoms with Gasteiger partial charge in [0.25, 0.3) is 0 Å². The van der Waals surface area contributed by atoms with Gasteiger partial charge in [0, 0.05) is 11.5 Å². The maximum atomic E-state index is 13.5. The molecule has 1 aromatic heterocycles. The van der Waals surface area contributed by atoms with Crippen LogP contribution >= 0.6 is 0 Å². The molecule has 0 fully saturated rings. The fraction of sp³-hybridized carbons (Fsp3) is 0.0667. The summed E-state index contributed by atoms with van der Waals surface area (Å²) in [5.41, 5.74) is 2.68. The van der Waals surface area contributed by atoms with Gasteiger partial charge in [0.15, 0.2) is 11.6 Å². The molecule has 0 aliphatic heterocycles. The molecule has 3 rings (SSSR count). The third-order valence-corrected chi connectivity index (χ3v) is 3.20. The van der Waals surface area contributed by atoms with Crippen LogP contribution in [0.15, 0.2) is 36.5 Å². The number of hydrogen-bond acceptors (Lipinski definition) is 3. The van der Waals surface area contributed by atoms with Crippen LogP contribution in [0.2, 0.25) is 0 Å². The van der Waals surface area contributed by atoms with Gasteiger partial charge in [-0.1, -0.05) is 0 Å². The predicted molar refractivity (Wildman–Crippen MR) is 72.1 cm³/mol. The average Bonchev–Trinajstić information content (AvgIpc) is 2.86. The Morgan fingerprint density at radius 1 is 1.30 bits per heavy atom.